The van der Waals surface area contributed by atoms with Crippen LogP contribution in [0.25, 0.3) is 0 Å². The van der Waals surface area contributed by atoms with Gasteiger partial charge in [0.1, 0.15) is 5.75 Å². The minimum Gasteiger partial charge on any atom is -0.427 e. The number of nitrogens with zero attached hydrogens (tertiary/aromatic N) is 1. The molecule has 1 rings (SSSR count). The number of nitrogens with two attached hydrogens (primary N) is 2. The molecule has 0 heterocycles. The van der Waals surface area contributed by atoms with E-state index in [4.69, 9.17) is 16.2 Å². The van der Waals surface area contributed by atoms with E-state index in [1.807, 2.05) is 0 Å². The fourth-order valence-corrected chi connectivity index (χ4v) is 1.23. The second-order valence-corrected chi connectivity index (χ2v) is 3.77. The summed E-state index contributed by atoms with van der Waals surface area (Å²) >= 11 is 0. The lowest BCUT2D eigenvalue weighted by molar-refractivity contribution is -0.384. The molecule has 0 aliphatic heterocycles. The van der Waals surface area contributed by atoms with Crippen LogP contribution in [0.4, 0.5) is 5.69 Å². The van der Waals surface area contributed by atoms with Crippen LogP contribution in [0, 0.1) is 10.1 Å². The maximum Gasteiger partial charge on any atom is 0.311 e. The fraction of sp³-hybridized carbons (Fsp3) is 0.273. The number of carbonyl (C=O) groups is 2. The second-order valence-electron chi connectivity index (χ2n) is 3.77. The molecule has 0 aliphatic carbocycles. The van der Waals surface area contributed by atoms with Gasteiger partial charge in [-0.05, 0) is 18.6 Å². The summed E-state index contributed by atoms with van der Waals surface area (Å²) in [6, 6.07) is 4.16. The molecule has 0 spiro atoms. The monoisotopic (exact) mass is 267 g/mol. The van der Waals surface area contributed by atoms with E-state index < -0.39 is 22.8 Å². The highest BCUT2D eigenvalue weighted by Crippen LogP contribution is 2.17. The number of nitro groups is 1. The Morgan fingerprint density at radius 3 is 2.37 bits per heavy atom. The van der Waals surface area contributed by atoms with Crippen LogP contribution in [0.2, 0.25) is 0 Å². The SMILES string of the molecule is NC(=O)C(N)CCC(=O)Oc1ccc([N+](=O)[O-])cc1. The van der Waals surface area contributed by atoms with Crippen LogP contribution in [-0.2, 0) is 9.59 Å². The van der Waals surface area contributed by atoms with Gasteiger partial charge in [-0.15, -0.1) is 0 Å². The van der Waals surface area contributed by atoms with Crippen molar-refractivity contribution in [3.05, 3.63) is 34.4 Å². The highest BCUT2D eigenvalue weighted by Gasteiger charge is 2.13. The number of esters is 1. The fourth-order valence-electron chi connectivity index (χ4n) is 1.23. The molecule has 1 unspecified atom stereocenters. The summed E-state index contributed by atoms with van der Waals surface area (Å²) in [6.07, 6.45) is 0.0161. The van der Waals surface area contributed by atoms with Gasteiger partial charge in [0.05, 0.1) is 11.0 Å². The first-order valence-corrected chi connectivity index (χ1v) is 5.40. The second kappa shape index (κ2) is 6.45. The topological polar surface area (TPSA) is 139 Å². The Hall–Kier alpha value is -2.48. The molecule has 4 N–H and O–H groups in total. The van der Waals surface area contributed by atoms with Gasteiger partial charge in [0.25, 0.3) is 5.69 Å². The van der Waals surface area contributed by atoms with Gasteiger partial charge in [-0.1, -0.05) is 0 Å². The molecule has 0 aromatic heterocycles. The van der Waals surface area contributed by atoms with Gasteiger partial charge >= 0.3 is 5.97 Å². The first kappa shape index (κ1) is 14.6. The molecule has 1 aromatic carbocycles. The zero-order valence-corrected chi connectivity index (χ0v) is 9.94. The number of ether oxygens (including phenoxy) is 1. The van der Waals surface area contributed by atoms with E-state index in [1.54, 1.807) is 0 Å². The van der Waals surface area contributed by atoms with Gasteiger partial charge < -0.3 is 16.2 Å². The molecule has 0 fully saturated rings. The molecule has 1 atom stereocenters. The Bertz CT molecular complexity index is 486. The lowest BCUT2D eigenvalue weighted by Crippen LogP contribution is -2.36. The number of non-ortho nitro benzene ring substituents is 1. The first-order chi connectivity index (χ1) is 8.90. The van der Waals surface area contributed by atoms with Gasteiger partial charge in [0, 0.05) is 18.6 Å². The number of hydrogen-bond donors (Lipinski definition) is 2. The Balaban J connectivity index is 2.48. The molecule has 1 amide bonds. The standard InChI is InChI=1S/C11H13N3O5/c12-9(11(13)16)5-6-10(15)19-8-3-1-7(2-4-8)14(17)18/h1-4,9H,5-6,12H2,(H2,13,16). The van der Waals surface area contributed by atoms with E-state index in [0.717, 1.165) is 0 Å². The van der Waals surface area contributed by atoms with Crippen LogP contribution < -0.4 is 16.2 Å². The number of nitro benzene ring substituents is 1. The minimum absolute atomic E-state index is 0.0684. The normalized spacial score (nSPS) is 11.6. The quantitative estimate of drug-likeness (QED) is 0.324. The van der Waals surface area contributed by atoms with Crippen LogP contribution in [-0.4, -0.2) is 22.8 Å². The molecular weight excluding hydrogens is 254 g/mol. The average Bonchev–Trinajstić information content (AvgIpc) is 2.36. The van der Waals surface area contributed by atoms with Crippen LogP contribution in [0.15, 0.2) is 24.3 Å². The van der Waals surface area contributed by atoms with Crippen molar-refractivity contribution in [2.45, 2.75) is 18.9 Å². The summed E-state index contributed by atoms with van der Waals surface area (Å²) in [4.78, 5) is 31.9. The smallest absolute Gasteiger partial charge is 0.311 e. The highest BCUT2D eigenvalue weighted by molar-refractivity contribution is 5.80. The number of amides is 1. The van der Waals surface area contributed by atoms with Crippen molar-refractivity contribution in [2.75, 3.05) is 0 Å². The largest absolute Gasteiger partial charge is 0.427 e. The van der Waals surface area contributed by atoms with Crippen LogP contribution >= 0.6 is 0 Å². The summed E-state index contributed by atoms with van der Waals surface area (Å²) < 4.78 is 4.91. The molecule has 0 saturated carbocycles. The zero-order chi connectivity index (χ0) is 14.4. The maximum absolute atomic E-state index is 11.4. The summed E-state index contributed by atoms with van der Waals surface area (Å²) in [5.74, 6) is -1.10. The van der Waals surface area contributed by atoms with Gasteiger partial charge in [-0.25, -0.2) is 0 Å². The van der Waals surface area contributed by atoms with E-state index in [2.05, 4.69) is 0 Å². The molecule has 8 nitrogen and oxygen atoms in total. The molecule has 1 aromatic rings. The average molecular weight is 267 g/mol. The van der Waals surface area contributed by atoms with Crippen molar-refractivity contribution in [3.63, 3.8) is 0 Å². The van der Waals surface area contributed by atoms with Crippen LogP contribution in [0.3, 0.4) is 0 Å². The van der Waals surface area contributed by atoms with E-state index >= 15 is 0 Å². The number of carbonyl (C=O) groups excluding carboxylic acids is 2. The van der Waals surface area contributed by atoms with E-state index in [0.29, 0.717) is 0 Å². The number of hydrogen-bond acceptors (Lipinski definition) is 6. The van der Waals surface area contributed by atoms with Crippen LogP contribution in [0.5, 0.6) is 5.75 Å². The van der Waals surface area contributed by atoms with E-state index in [1.165, 1.54) is 24.3 Å². The highest BCUT2D eigenvalue weighted by atomic mass is 16.6. The Labute approximate surface area is 108 Å². The van der Waals surface area contributed by atoms with Crippen molar-refractivity contribution >= 4 is 17.6 Å². The molecule has 19 heavy (non-hydrogen) atoms. The Morgan fingerprint density at radius 2 is 1.89 bits per heavy atom. The molecule has 0 bridgehead atoms. The molecule has 0 saturated heterocycles. The van der Waals surface area contributed by atoms with Gasteiger partial charge in [0.15, 0.2) is 0 Å². The molecular formula is C11H13N3O5. The van der Waals surface area contributed by atoms with E-state index in [9.17, 15) is 19.7 Å². The summed E-state index contributed by atoms with van der Waals surface area (Å²) in [5.41, 5.74) is 10.2. The minimum atomic E-state index is -0.899. The predicted octanol–water partition coefficient (Wildman–Crippen LogP) is 0.0930. The summed E-state index contributed by atoms with van der Waals surface area (Å²) in [7, 11) is 0. The summed E-state index contributed by atoms with van der Waals surface area (Å²) in [6.45, 7) is 0. The molecule has 102 valence electrons. The van der Waals surface area contributed by atoms with Crippen molar-refractivity contribution in [2.24, 2.45) is 11.5 Å². The number of benzene rings is 1. The summed E-state index contributed by atoms with van der Waals surface area (Å²) in [5, 5.41) is 10.4. The van der Waals surface area contributed by atoms with Crippen LogP contribution in [0.1, 0.15) is 12.8 Å². The number of rotatable bonds is 6. The molecule has 8 heteroatoms. The number of primary amides is 1. The van der Waals surface area contributed by atoms with Gasteiger partial charge in [0.2, 0.25) is 5.91 Å². The van der Waals surface area contributed by atoms with Crippen molar-refractivity contribution in [3.8, 4) is 5.75 Å². The van der Waals surface area contributed by atoms with Crippen molar-refractivity contribution < 1.29 is 19.2 Å². The third-order valence-electron chi connectivity index (χ3n) is 2.30. The third kappa shape index (κ3) is 4.72. The van der Waals surface area contributed by atoms with Crippen molar-refractivity contribution in [1.82, 2.24) is 0 Å². The lowest BCUT2D eigenvalue weighted by atomic mass is 10.1. The van der Waals surface area contributed by atoms with Gasteiger partial charge in [-0.2, -0.15) is 0 Å². The van der Waals surface area contributed by atoms with Crippen molar-refractivity contribution in [1.29, 1.82) is 0 Å². The first-order valence-electron chi connectivity index (χ1n) is 5.40. The molecule has 0 aliphatic rings. The Kier molecular flexibility index (Phi) is 4.95. The van der Waals surface area contributed by atoms with E-state index in [-0.39, 0.29) is 24.3 Å². The third-order valence-corrected chi connectivity index (χ3v) is 2.30. The maximum atomic E-state index is 11.4. The Morgan fingerprint density at radius 1 is 1.32 bits per heavy atom. The lowest BCUT2D eigenvalue weighted by Gasteiger charge is -2.07. The zero-order valence-electron chi connectivity index (χ0n) is 9.94. The predicted molar refractivity (Wildman–Crippen MR) is 65.1 cm³/mol. The molecule has 0 radical (unpaired) electrons. The van der Waals surface area contributed by atoms with Gasteiger partial charge in [-0.3, -0.25) is 19.7 Å².